The Hall–Kier alpha value is -2.61. The monoisotopic (exact) mass is 272 g/mol. The van der Waals surface area contributed by atoms with E-state index in [4.69, 9.17) is 0 Å². The van der Waals surface area contributed by atoms with Crippen LogP contribution in [0, 0.1) is 0 Å². The molecule has 102 valence electrons. The Bertz CT molecular complexity index is 797. The minimum absolute atomic E-state index is 0.874. The van der Waals surface area contributed by atoms with Crippen molar-refractivity contribution in [1.82, 2.24) is 9.55 Å². The summed E-state index contributed by atoms with van der Waals surface area (Å²) in [6.07, 6.45) is 8.15. The Balaban J connectivity index is 1.67. The van der Waals surface area contributed by atoms with Crippen molar-refractivity contribution in [2.75, 3.05) is 0 Å². The average molecular weight is 272 g/mol. The first-order chi connectivity index (χ1) is 10.4. The number of benzene rings is 2. The summed E-state index contributed by atoms with van der Waals surface area (Å²) in [5.74, 6) is 1.09. The van der Waals surface area contributed by atoms with Gasteiger partial charge in [0.1, 0.15) is 5.82 Å². The van der Waals surface area contributed by atoms with Gasteiger partial charge in [0.2, 0.25) is 0 Å². The number of hydrogen-bond acceptors (Lipinski definition) is 1. The average Bonchev–Trinajstić information content (AvgIpc) is 3.16. The van der Waals surface area contributed by atoms with E-state index in [0.717, 1.165) is 24.4 Å². The molecule has 1 aromatic heterocycles. The standard InChI is InChI=1S/C19H16N2/c1-2-7-17(8-3-1)21-13-12-20-19(21)14-16-11-10-15-6-4-5-9-18(15)16/h1-9,11-13H,10,14H2. The predicted octanol–water partition coefficient (Wildman–Crippen LogP) is 4.05. The third-order valence-corrected chi connectivity index (χ3v) is 4.03. The number of hydrogen-bond donors (Lipinski definition) is 0. The normalized spacial score (nSPS) is 13.0. The van der Waals surface area contributed by atoms with Gasteiger partial charge in [0.05, 0.1) is 0 Å². The fourth-order valence-corrected chi connectivity index (χ4v) is 2.98. The van der Waals surface area contributed by atoms with Gasteiger partial charge in [-0.15, -0.1) is 0 Å². The van der Waals surface area contributed by atoms with E-state index >= 15 is 0 Å². The number of rotatable bonds is 3. The molecule has 0 saturated heterocycles. The zero-order valence-electron chi connectivity index (χ0n) is 11.7. The maximum Gasteiger partial charge on any atom is 0.117 e. The van der Waals surface area contributed by atoms with Gasteiger partial charge >= 0.3 is 0 Å². The topological polar surface area (TPSA) is 17.8 Å². The van der Waals surface area contributed by atoms with Crippen molar-refractivity contribution in [2.24, 2.45) is 0 Å². The summed E-state index contributed by atoms with van der Waals surface area (Å²) in [5, 5.41) is 0. The van der Waals surface area contributed by atoms with Gasteiger partial charge in [-0.1, -0.05) is 48.5 Å². The molecule has 0 atom stereocenters. The molecule has 0 spiro atoms. The molecular formula is C19H16N2. The SMILES string of the molecule is C1=C(Cc2nccn2-c2ccccc2)c2ccccc2C1. The molecule has 2 aromatic carbocycles. The highest BCUT2D eigenvalue weighted by molar-refractivity contribution is 5.74. The van der Waals surface area contributed by atoms with Crippen LogP contribution in [0.1, 0.15) is 17.0 Å². The molecule has 1 aliphatic rings. The summed E-state index contributed by atoms with van der Waals surface area (Å²) in [6, 6.07) is 19.0. The van der Waals surface area contributed by atoms with Crippen molar-refractivity contribution in [2.45, 2.75) is 12.8 Å². The fraction of sp³-hybridized carbons (Fsp3) is 0.105. The van der Waals surface area contributed by atoms with E-state index < -0.39 is 0 Å². The lowest BCUT2D eigenvalue weighted by molar-refractivity contribution is 0.936. The molecule has 0 N–H and O–H groups in total. The molecule has 3 aromatic rings. The minimum atomic E-state index is 0.874. The quantitative estimate of drug-likeness (QED) is 0.703. The van der Waals surface area contributed by atoms with E-state index in [9.17, 15) is 0 Å². The molecule has 0 radical (unpaired) electrons. The molecule has 0 amide bonds. The third kappa shape index (κ3) is 2.19. The van der Waals surface area contributed by atoms with Crippen molar-refractivity contribution in [3.63, 3.8) is 0 Å². The molecule has 0 saturated carbocycles. The lowest BCUT2D eigenvalue weighted by atomic mass is 10.0. The van der Waals surface area contributed by atoms with Crippen LogP contribution >= 0.6 is 0 Å². The van der Waals surface area contributed by atoms with Crippen molar-refractivity contribution in [3.8, 4) is 5.69 Å². The number of allylic oxidation sites excluding steroid dienone is 2. The van der Waals surface area contributed by atoms with E-state index in [2.05, 4.69) is 64.2 Å². The summed E-state index contributed by atoms with van der Waals surface area (Å²) in [7, 11) is 0. The fourth-order valence-electron chi connectivity index (χ4n) is 2.98. The number of imidazole rings is 1. The summed E-state index contributed by atoms with van der Waals surface area (Å²) < 4.78 is 2.17. The minimum Gasteiger partial charge on any atom is -0.303 e. The number of nitrogens with zero attached hydrogens (tertiary/aromatic N) is 2. The largest absolute Gasteiger partial charge is 0.303 e. The Kier molecular flexibility index (Phi) is 2.93. The van der Waals surface area contributed by atoms with Gasteiger partial charge in [-0.05, 0) is 35.3 Å². The van der Waals surface area contributed by atoms with Crippen molar-refractivity contribution >= 4 is 5.57 Å². The van der Waals surface area contributed by atoms with Gasteiger partial charge in [-0.3, -0.25) is 0 Å². The summed E-state index contributed by atoms with van der Waals surface area (Å²) in [5.41, 5.74) is 5.34. The van der Waals surface area contributed by atoms with Crippen LogP contribution in [0.15, 0.2) is 73.1 Å². The second-order valence-corrected chi connectivity index (χ2v) is 5.32. The second-order valence-electron chi connectivity index (χ2n) is 5.32. The second kappa shape index (κ2) is 5.06. The first kappa shape index (κ1) is 12.2. The van der Waals surface area contributed by atoms with Crippen LogP contribution < -0.4 is 0 Å². The predicted molar refractivity (Wildman–Crippen MR) is 85.4 cm³/mol. The third-order valence-electron chi connectivity index (χ3n) is 4.03. The van der Waals surface area contributed by atoms with E-state index in [1.54, 1.807) is 0 Å². The van der Waals surface area contributed by atoms with Gasteiger partial charge in [-0.25, -0.2) is 4.98 Å². The van der Waals surface area contributed by atoms with Crippen molar-refractivity contribution in [3.05, 3.63) is 90.0 Å². The Morgan fingerprint density at radius 2 is 1.76 bits per heavy atom. The van der Waals surface area contributed by atoms with E-state index in [1.807, 2.05) is 18.5 Å². The van der Waals surface area contributed by atoms with Gasteiger partial charge in [0.25, 0.3) is 0 Å². The Morgan fingerprint density at radius 1 is 0.952 bits per heavy atom. The lowest BCUT2D eigenvalue weighted by Crippen LogP contribution is -2.01. The molecule has 2 heteroatoms. The van der Waals surface area contributed by atoms with Gasteiger partial charge < -0.3 is 4.57 Å². The van der Waals surface area contributed by atoms with Crippen LogP contribution in [0.2, 0.25) is 0 Å². The molecule has 4 rings (SSSR count). The highest BCUT2D eigenvalue weighted by Crippen LogP contribution is 2.29. The summed E-state index contributed by atoms with van der Waals surface area (Å²) in [6.45, 7) is 0. The van der Waals surface area contributed by atoms with Crippen LogP contribution in [0.4, 0.5) is 0 Å². The van der Waals surface area contributed by atoms with Crippen LogP contribution in [-0.4, -0.2) is 9.55 Å². The molecule has 1 aliphatic carbocycles. The molecule has 1 heterocycles. The number of aromatic nitrogens is 2. The first-order valence-electron chi connectivity index (χ1n) is 7.27. The van der Waals surface area contributed by atoms with Gasteiger partial charge in [-0.2, -0.15) is 0 Å². The van der Waals surface area contributed by atoms with E-state index in [1.165, 1.54) is 16.7 Å². The Labute approximate surface area is 124 Å². The zero-order valence-corrected chi connectivity index (χ0v) is 11.7. The first-order valence-corrected chi connectivity index (χ1v) is 7.27. The van der Waals surface area contributed by atoms with Crippen molar-refractivity contribution < 1.29 is 0 Å². The van der Waals surface area contributed by atoms with E-state index in [0.29, 0.717) is 0 Å². The molecule has 0 fully saturated rings. The summed E-state index contributed by atoms with van der Waals surface area (Å²) in [4.78, 5) is 4.55. The van der Waals surface area contributed by atoms with Gasteiger partial charge in [0, 0.05) is 24.5 Å². The van der Waals surface area contributed by atoms with Crippen LogP contribution in [0.5, 0.6) is 0 Å². The molecule has 0 aliphatic heterocycles. The molecular weight excluding hydrogens is 256 g/mol. The smallest absolute Gasteiger partial charge is 0.117 e. The number of fused-ring (bicyclic) bond motifs is 1. The van der Waals surface area contributed by atoms with E-state index in [-0.39, 0.29) is 0 Å². The highest BCUT2D eigenvalue weighted by atomic mass is 15.1. The lowest BCUT2D eigenvalue weighted by Gasteiger charge is -2.09. The van der Waals surface area contributed by atoms with Crippen LogP contribution in [0.3, 0.4) is 0 Å². The maximum atomic E-state index is 4.55. The van der Waals surface area contributed by atoms with Crippen LogP contribution in [0.25, 0.3) is 11.3 Å². The molecule has 0 unspecified atom stereocenters. The van der Waals surface area contributed by atoms with Gasteiger partial charge in [0.15, 0.2) is 0 Å². The van der Waals surface area contributed by atoms with Crippen molar-refractivity contribution in [1.29, 1.82) is 0 Å². The Morgan fingerprint density at radius 3 is 2.67 bits per heavy atom. The maximum absolute atomic E-state index is 4.55. The zero-order chi connectivity index (χ0) is 14.1. The van der Waals surface area contributed by atoms with Crippen LogP contribution in [-0.2, 0) is 12.8 Å². The molecule has 0 bridgehead atoms. The number of para-hydroxylation sites is 1. The molecule has 2 nitrogen and oxygen atoms in total. The molecule has 21 heavy (non-hydrogen) atoms. The summed E-state index contributed by atoms with van der Waals surface area (Å²) >= 11 is 0. The highest BCUT2D eigenvalue weighted by Gasteiger charge is 2.15.